The van der Waals surface area contributed by atoms with Crippen molar-refractivity contribution >= 4 is 21.4 Å². The molecule has 2 rings (SSSR count). The molecule has 0 spiro atoms. The molecule has 0 atom stereocenters. The highest BCUT2D eigenvalue weighted by Gasteiger charge is 2.09. The summed E-state index contributed by atoms with van der Waals surface area (Å²) < 4.78 is 6.78. The molecule has 0 aliphatic carbocycles. The number of methoxy groups -OCH3 is 1. The maximum atomic E-state index is 5.40. The van der Waals surface area contributed by atoms with E-state index in [0.717, 1.165) is 12.2 Å². The summed E-state index contributed by atoms with van der Waals surface area (Å²) in [4.78, 5) is 0. The van der Waals surface area contributed by atoms with Crippen molar-refractivity contribution in [1.29, 1.82) is 0 Å². The molecule has 0 N–H and O–H groups in total. The standard InChI is InChI=1S/C12H14OS/c1-4-9-11(13-3)7-8(2)10-5-6-14-12(9)10/h5-7H,4H2,1-3H3. The molecule has 74 valence electrons. The van der Waals surface area contributed by atoms with Crippen molar-refractivity contribution in [3.8, 4) is 5.75 Å². The van der Waals surface area contributed by atoms with Crippen LogP contribution in [0.1, 0.15) is 18.1 Å². The Kier molecular flexibility index (Phi) is 2.46. The number of rotatable bonds is 2. The lowest BCUT2D eigenvalue weighted by molar-refractivity contribution is 0.411. The average molecular weight is 206 g/mol. The van der Waals surface area contributed by atoms with Crippen molar-refractivity contribution in [3.63, 3.8) is 0 Å². The zero-order valence-corrected chi connectivity index (χ0v) is 9.57. The van der Waals surface area contributed by atoms with Crippen molar-refractivity contribution in [2.45, 2.75) is 20.3 Å². The number of aryl methyl sites for hydroxylation is 2. The van der Waals surface area contributed by atoms with Gasteiger partial charge in [-0.1, -0.05) is 6.92 Å². The first-order chi connectivity index (χ1) is 6.77. The number of hydrogen-bond donors (Lipinski definition) is 0. The van der Waals surface area contributed by atoms with Crippen LogP contribution in [-0.2, 0) is 6.42 Å². The van der Waals surface area contributed by atoms with Gasteiger partial charge >= 0.3 is 0 Å². The van der Waals surface area contributed by atoms with Crippen molar-refractivity contribution in [2.24, 2.45) is 0 Å². The minimum atomic E-state index is 1.03. The van der Waals surface area contributed by atoms with Gasteiger partial charge in [0.2, 0.25) is 0 Å². The van der Waals surface area contributed by atoms with Gasteiger partial charge in [0.05, 0.1) is 7.11 Å². The van der Waals surface area contributed by atoms with E-state index in [-0.39, 0.29) is 0 Å². The SMILES string of the molecule is CCc1c(OC)cc(C)c2ccsc12. The van der Waals surface area contributed by atoms with E-state index in [2.05, 4.69) is 31.4 Å². The number of benzene rings is 1. The summed E-state index contributed by atoms with van der Waals surface area (Å²) in [5.41, 5.74) is 2.64. The second kappa shape index (κ2) is 3.62. The molecule has 2 heteroatoms. The molecule has 1 aromatic carbocycles. The summed E-state index contributed by atoms with van der Waals surface area (Å²) in [7, 11) is 1.74. The summed E-state index contributed by atoms with van der Waals surface area (Å²) in [5, 5.41) is 3.52. The van der Waals surface area contributed by atoms with E-state index >= 15 is 0 Å². The van der Waals surface area contributed by atoms with Gasteiger partial charge in [0.15, 0.2) is 0 Å². The van der Waals surface area contributed by atoms with Gasteiger partial charge in [-0.3, -0.25) is 0 Å². The Labute approximate surface area is 88.3 Å². The van der Waals surface area contributed by atoms with Crippen LogP contribution < -0.4 is 4.74 Å². The predicted molar refractivity (Wildman–Crippen MR) is 62.5 cm³/mol. The quantitative estimate of drug-likeness (QED) is 0.726. The predicted octanol–water partition coefficient (Wildman–Crippen LogP) is 3.78. The Balaban J connectivity index is 2.82. The van der Waals surface area contributed by atoms with Crippen LogP contribution in [0.15, 0.2) is 17.5 Å². The lowest BCUT2D eigenvalue weighted by Crippen LogP contribution is -1.91. The van der Waals surface area contributed by atoms with E-state index in [0.29, 0.717) is 0 Å². The third-order valence-corrected chi connectivity index (χ3v) is 3.56. The molecule has 1 heterocycles. The van der Waals surface area contributed by atoms with Crippen LogP contribution in [-0.4, -0.2) is 7.11 Å². The fourth-order valence-corrected chi connectivity index (χ4v) is 2.93. The van der Waals surface area contributed by atoms with Crippen LogP contribution in [0.25, 0.3) is 10.1 Å². The Bertz CT molecular complexity index is 457. The summed E-state index contributed by atoms with van der Waals surface area (Å²) in [6.07, 6.45) is 1.03. The van der Waals surface area contributed by atoms with E-state index in [1.54, 1.807) is 18.4 Å². The normalized spacial score (nSPS) is 10.8. The molecular weight excluding hydrogens is 192 g/mol. The van der Waals surface area contributed by atoms with Gasteiger partial charge in [-0.25, -0.2) is 0 Å². The lowest BCUT2D eigenvalue weighted by Gasteiger charge is -2.09. The highest BCUT2D eigenvalue weighted by atomic mass is 32.1. The molecule has 1 aromatic heterocycles. The van der Waals surface area contributed by atoms with Crippen molar-refractivity contribution in [1.82, 2.24) is 0 Å². The molecule has 0 aliphatic rings. The first-order valence-electron chi connectivity index (χ1n) is 4.81. The molecule has 0 bridgehead atoms. The summed E-state index contributed by atoms with van der Waals surface area (Å²) in [5.74, 6) is 1.03. The van der Waals surface area contributed by atoms with Gasteiger partial charge in [0, 0.05) is 10.3 Å². The van der Waals surface area contributed by atoms with Gasteiger partial charge in [0.25, 0.3) is 0 Å². The van der Waals surface area contributed by atoms with Gasteiger partial charge < -0.3 is 4.74 Å². The van der Waals surface area contributed by atoms with Gasteiger partial charge in [-0.05, 0) is 41.8 Å². The van der Waals surface area contributed by atoms with Crippen LogP contribution in [0.4, 0.5) is 0 Å². The number of ether oxygens (including phenoxy) is 1. The third kappa shape index (κ3) is 1.30. The third-order valence-electron chi connectivity index (χ3n) is 2.58. The molecular formula is C12H14OS. The van der Waals surface area contributed by atoms with E-state index in [9.17, 15) is 0 Å². The van der Waals surface area contributed by atoms with Crippen molar-refractivity contribution < 1.29 is 4.74 Å². The smallest absolute Gasteiger partial charge is 0.123 e. The van der Waals surface area contributed by atoms with E-state index in [4.69, 9.17) is 4.74 Å². The Morgan fingerprint density at radius 3 is 2.86 bits per heavy atom. The number of thiophene rings is 1. The van der Waals surface area contributed by atoms with Crippen LogP contribution in [0.5, 0.6) is 5.75 Å². The maximum absolute atomic E-state index is 5.40. The topological polar surface area (TPSA) is 9.23 Å². The molecule has 1 nitrogen and oxygen atoms in total. The fraction of sp³-hybridized carbons (Fsp3) is 0.333. The van der Waals surface area contributed by atoms with E-state index in [1.165, 1.54) is 21.2 Å². The Morgan fingerprint density at radius 1 is 1.43 bits per heavy atom. The highest BCUT2D eigenvalue weighted by molar-refractivity contribution is 7.17. The average Bonchev–Trinajstić information content (AvgIpc) is 2.66. The van der Waals surface area contributed by atoms with Gasteiger partial charge in [-0.2, -0.15) is 0 Å². The Hall–Kier alpha value is -1.02. The largest absolute Gasteiger partial charge is 0.496 e. The van der Waals surface area contributed by atoms with Gasteiger partial charge in [0.1, 0.15) is 5.75 Å². The molecule has 0 amide bonds. The van der Waals surface area contributed by atoms with Crippen LogP contribution in [0, 0.1) is 6.92 Å². The molecule has 0 unspecified atom stereocenters. The summed E-state index contributed by atoms with van der Waals surface area (Å²) >= 11 is 1.80. The van der Waals surface area contributed by atoms with E-state index in [1.807, 2.05) is 0 Å². The molecule has 0 saturated heterocycles. The maximum Gasteiger partial charge on any atom is 0.123 e. The lowest BCUT2D eigenvalue weighted by atomic mass is 10.0. The van der Waals surface area contributed by atoms with Gasteiger partial charge in [-0.15, -0.1) is 11.3 Å². The molecule has 0 fully saturated rings. The second-order valence-electron chi connectivity index (χ2n) is 3.39. The first kappa shape index (κ1) is 9.53. The van der Waals surface area contributed by atoms with Crippen LogP contribution >= 0.6 is 11.3 Å². The van der Waals surface area contributed by atoms with Crippen LogP contribution in [0.2, 0.25) is 0 Å². The first-order valence-corrected chi connectivity index (χ1v) is 5.69. The second-order valence-corrected chi connectivity index (χ2v) is 4.31. The molecule has 0 saturated carbocycles. The minimum Gasteiger partial charge on any atom is -0.496 e. The minimum absolute atomic E-state index is 1.03. The Morgan fingerprint density at radius 2 is 2.21 bits per heavy atom. The van der Waals surface area contributed by atoms with Crippen molar-refractivity contribution in [3.05, 3.63) is 28.6 Å². The molecule has 0 aliphatic heterocycles. The van der Waals surface area contributed by atoms with Crippen molar-refractivity contribution in [2.75, 3.05) is 7.11 Å². The van der Waals surface area contributed by atoms with E-state index < -0.39 is 0 Å². The zero-order chi connectivity index (χ0) is 10.1. The number of hydrogen-bond acceptors (Lipinski definition) is 2. The number of fused-ring (bicyclic) bond motifs is 1. The highest BCUT2D eigenvalue weighted by Crippen LogP contribution is 2.34. The zero-order valence-electron chi connectivity index (χ0n) is 8.76. The summed E-state index contributed by atoms with van der Waals surface area (Å²) in [6, 6.07) is 4.32. The molecule has 2 aromatic rings. The summed E-state index contributed by atoms with van der Waals surface area (Å²) in [6.45, 7) is 4.31. The van der Waals surface area contributed by atoms with Crippen LogP contribution in [0.3, 0.4) is 0 Å². The molecule has 14 heavy (non-hydrogen) atoms. The fourth-order valence-electron chi connectivity index (χ4n) is 1.84. The monoisotopic (exact) mass is 206 g/mol. The molecule has 0 radical (unpaired) electrons.